The number of allylic oxidation sites excluding steroid dienone is 1. The van der Waals surface area contributed by atoms with Crippen molar-refractivity contribution in [2.75, 3.05) is 13.2 Å². The number of ether oxygens (including phenoxy) is 3. The minimum absolute atomic E-state index is 0.0146. The highest BCUT2D eigenvalue weighted by Crippen LogP contribution is 2.52. The van der Waals surface area contributed by atoms with E-state index in [1.807, 2.05) is 0 Å². The molecule has 0 radical (unpaired) electrons. The topological polar surface area (TPSA) is 126 Å². The predicted molar refractivity (Wildman–Crippen MR) is 109 cm³/mol. The first kappa shape index (κ1) is 22.5. The first-order valence-electron chi connectivity index (χ1n) is 9.63. The van der Waals surface area contributed by atoms with Gasteiger partial charge in [-0.05, 0) is 30.2 Å². The number of rotatable bonds is 11. The highest BCUT2D eigenvalue weighted by molar-refractivity contribution is 8.04. The molecule has 3 heterocycles. The van der Waals surface area contributed by atoms with Gasteiger partial charge < -0.3 is 14.2 Å². The second kappa shape index (κ2) is 10.2. The van der Waals surface area contributed by atoms with Crippen LogP contribution in [-0.2, 0) is 30.3 Å². The summed E-state index contributed by atoms with van der Waals surface area (Å²) in [6.45, 7) is 9.23. The Balaban J connectivity index is 1.68. The smallest absolute Gasteiger partial charge is 0.457 e. The van der Waals surface area contributed by atoms with Gasteiger partial charge in [-0.3, -0.25) is 9.69 Å². The number of nitrogens with zero attached hydrogens (tertiary/aromatic N) is 5. The van der Waals surface area contributed by atoms with Crippen molar-refractivity contribution < 1.29 is 28.6 Å². The van der Waals surface area contributed by atoms with Crippen LogP contribution in [0.4, 0.5) is 4.79 Å². The highest BCUT2D eigenvalue weighted by atomic mass is 32.2. The molecule has 2 aliphatic rings. The van der Waals surface area contributed by atoms with Crippen LogP contribution in [0, 0.1) is 5.92 Å². The third-order valence-corrected chi connectivity index (χ3v) is 6.09. The normalized spacial score (nSPS) is 20.5. The average Bonchev–Trinajstić information content (AvgIpc) is 3.36. The fourth-order valence-corrected chi connectivity index (χ4v) is 4.93. The Morgan fingerprint density at radius 2 is 2.03 bits per heavy atom. The van der Waals surface area contributed by atoms with Gasteiger partial charge in [0.25, 0.3) is 0 Å². The Morgan fingerprint density at radius 1 is 1.29 bits per heavy atom. The fraction of sp³-hybridized carbons (Fsp3) is 0.474. The highest BCUT2D eigenvalue weighted by Gasteiger charge is 2.58. The lowest BCUT2D eigenvalue weighted by molar-refractivity contribution is -0.158. The molecule has 0 saturated carbocycles. The third kappa shape index (κ3) is 4.95. The number of aromatic nitrogens is 4. The monoisotopic (exact) mass is 449 g/mol. The van der Waals surface area contributed by atoms with Crippen LogP contribution >= 0.6 is 11.8 Å². The number of tetrazole rings is 1. The largest absolute Gasteiger partial charge is 0.508 e. The lowest BCUT2D eigenvalue weighted by Gasteiger charge is -2.44. The summed E-state index contributed by atoms with van der Waals surface area (Å²) in [6, 6.07) is 0. The molecule has 0 aliphatic carbocycles. The number of hydrogen-bond donors (Lipinski definition) is 0. The molecule has 31 heavy (non-hydrogen) atoms. The molecule has 3 rings (SSSR count). The van der Waals surface area contributed by atoms with Gasteiger partial charge in [-0.25, -0.2) is 14.3 Å². The first-order chi connectivity index (χ1) is 15.0. The molecule has 0 spiro atoms. The van der Waals surface area contributed by atoms with E-state index in [4.69, 9.17) is 14.2 Å². The molecule has 1 aromatic rings. The second-order valence-corrected chi connectivity index (χ2v) is 7.96. The number of β-lactam (4-membered cyclic amide) rings is 1. The zero-order valence-corrected chi connectivity index (χ0v) is 17.8. The lowest BCUT2D eigenvalue weighted by atomic mass is 9.92. The molecule has 1 fully saturated rings. The molecule has 1 saturated heterocycles. The first-order valence-corrected chi connectivity index (χ1v) is 10.5. The number of esters is 1. The summed E-state index contributed by atoms with van der Waals surface area (Å²) in [5.41, 5.74) is 0.233. The maximum atomic E-state index is 12.8. The van der Waals surface area contributed by atoms with E-state index in [0.717, 1.165) is 4.91 Å². The van der Waals surface area contributed by atoms with Crippen LogP contribution in [0.3, 0.4) is 0 Å². The van der Waals surface area contributed by atoms with Crippen LogP contribution in [0.5, 0.6) is 0 Å². The predicted octanol–water partition coefficient (Wildman–Crippen LogP) is 1.65. The van der Waals surface area contributed by atoms with Crippen LogP contribution in [0.15, 0.2) is 42.2 Å². The van der Waals surface area contributed by atoms with E-state index < -0.39 is 24.1 Å². The van der Waals surface area contributed by atoms with Gasteiger partial charge in [-0.1, -0.05) is 25.3 Å². The molecule has 0 N–H and O–H groups in total. The van der Waals surface area contributed by atoms with Crippen molar-refractivity contribution in [3.63, 3.8) is 0 Å². The number of amides is 1. The molecule has 12 heteroatoms. The number of carbonyl (C=O) groups is 3. The van der Waals surface area contributed by atoms with Crippen LogP contribution in [-0.4, -0.2) is 67.8 Å². The van der Waals surface area contributed by atoms with Gasteiger partial charge in [-0.2, -0.15) is 0 Å². The van der Waals surface area contributed by atoms with Crippen molar-refractivity contribution in [2.45, 2.75) is 37.8 Å². The molecule has 11 nitrogen and oxygen atoms in total. The molecule has 0 bridgehead atoms. The van der Waals surface area contributed by atoms with Gasteiger partial charge in [0.15, 0.2) is 0 Å². The lowest BCUT2D eigenvalue weighted by Crippen LogP contribution is -2.61. The third-order valence-electron chi connectivity index (χ3n) is 4.67. The molecule has 3 atom stereocenters. The maximum Gasteiger partial charge on any atom is 0.508 e. The fourth-order valence-electron chi connectivity index (χ4n) is 3.28. The van der Waals surface area contributed by atoms with Gasteiger partial charge in [0.05, 0.1) is 0 Å². The van der Waals surface area contributed by atoms with E-state index in [1.165, 1.54) is 35.1 Å². The number of carbonyl (C=O) groups excluding carboxylic acids is 3. The SMILES string of the molecule is C=CCOC(=O)O[C@H](C)[C@H]1C(=O)N2C(C(=O)OCC=C)=C(CCCn3cnnn3)S[C@H]12. The van der Waals surface area contributed by atoms with Crippen LogP contribution < -0.4 is 0 Å². The van der Waals surface area contributed by atoms with Crippen LogP contribution in [0.1, 0.15) is 19.8 Å². The van der Waals surface area contributed by atoms with Gasteiger partial charge in [0, 0.05) is 11.4 Å². The molecular formula is C19H23N5O6S. The Bertz CT molecular complexity index is 886. The Labute approximate surface area is 183 Å². The molecule has 0 aromatic carbocycles. The number of aryl methyl sites for hydroxylation is 1. The summed E-state index contributed by atoms with van der Waals surface area (Å²) in [4.78, 5) is 39.4. The molecule has 1 amide bonds. The van der Waals surface area contributed by atoms with Crippen molar-refractivity contribution in [1.82, 2.24) is 25.1 Å². The zero-order chi connectivity index (χ0) is 22.4. The van der Waals surface area contributed by atoms with Crippen molar-refractivity contribution in [3.05, 3.63) is 42.2 Å². The van der Waals surface area contributed by atoms with Crippen LogP contribution in [0.2, 0.25) is 0 Å². The Morgan fingerprint density at radius 3 is 2.71 bits per heavy atom. The van der Waals surface area contributed by atoms with E-state index in [2.05, 4.69) is 28.7 Å². The standard InChI is InChI=1S/C19H23N5O6S/c1-4-9-28-18(26)15-13(7-6-8-23-11-20-21-22-23)31-17-14(16(25)24(15)17)12(3)30-19(27)29-10-5-2/h4-5,11-12,14,17H,1-2,6-10H2,3H3/t12-,14+,17-/m1/s1. The summed E-state index contributed by atoms with van der Waals surface area (Å²) in [6.07, 6.45) is 3.99. The van der Waals surface area contributed by atoms with Gasteiger partial charge >= 0.3 is 12.1 Å². The van der Waals surface area contributed by atoms with Gasteiger partial charge in [0.1, 0.15) is 42.6 Å². The zero-order valence-electron chi connectivity index (χ0n) is 17.0. The molecule has 0 unspecified atom stereocenters. The van der Waals surface area contributed by atoms with E-state index in [0.29, 0.717) is 19.4 Å². The summed E-state index contributed by atoms with van der Waals surface area (Å²) >= 11 is 1.40. The Hall–Kier alpha value is -3.15. The van der Waals surface area contributed by atoms with Crippen molar-refractivity contribution in [1.29, 1.82) is 0 Å². The minimum atomic E-state index is -0.873. The minimum Gasteiger partial charge on any atom is -0.457 e. The summed E-state index contributed by atoms with van der Waals surface area (Å²) in [7, 11) is 0. The summed E-state index contributed by atoms with van der Waals surface area (Å²) in [5, 5.41) is 10.6. The summed E-state index contributed by atoms with van der Waals surface area (Å²) in [5.74, 6) is -1.49. The van der Waals surface area contributed by atoms with E-state index >= 15 is 0 Å². The average molecular weight is 449 g/mol. The van der Waals surface area contributed by atoms with E-state index in [1.54, 1.807) is 11.6 Å². The van der Waals surface area contributed by atoms with Crippen LogP contribution in [0.25, 0.3) is 0 Å². The second-order valence-electron chi connectivity index (χ2n) is 6.75. The number of thioether (sulfide) groups is 1. The Kier molecular flexibility index (Phi) is 7.45. The van der Waals surface area contributed by atoms with Gasteiger partial charge in [-0.15, -0.1) is 16.9 Å². The molecule has 2 aliphatic heterocycles. The summed E-state index contributed by atoms with van der Waals surface area (Å²) < 4.78 is 16.8. The maximum absolute atomic E-state index is 12.8. The van der Waals surface area contributed by atoms with Gasteiger partial charge in [0.2, 0.25) is 5.91 Å². The molecule has 166 valence electrons. The quantitative estimate of drug-likeness (QED) is 0.280. The van der Waals surface area contributed by atoms with Crippen molar-refractivity contribution in [2.24, 2.45) is 5.92 Å². The molecular weight excluding hydrogens is 426 g/mol. The van der Waals surface area contributed by atoms with E-state index in [9.17, 15) is 14.4 Å². The van der Waals surface area contributed by atoms with Crippen molar-refractivity contribution in [3.8, 4) is 0 Å². The number of fused-ring (bicyclic) bond motifs is 1. The number of hydrogen-bond acceptors (Lipinski definition) is 10. The van der Waals surface area contributed by atoms with Crippen molar-refractivity contribution >= 4 is 29.8 Å². The molecule has 1 aromatic heterocycles. The van der Waals surface area contributed by atoms with E-state index in [-0.39, 0.29) is 30.2 Å².